The molecule has 12 nitrogen and oxygen atoms in total. The highest BCUT2D eigenvalue weighted by atomic mass is 16.4. The van der Waals surface area contributed by atoms with Gasteiger partial charge in [0.1, 0.15) is 36.5 Å². The van der Waals surface area contributed by atoms with Crippen molar-refractivity contribution in [3.8, 4) is 11.1 Å². The number of amides is 2. The van der Waals surface area contributed by atoms with Crippen LogP contribution in [0.15, 0.2) is 54.6 Å². The number of unbranched alkanes of at least 4 members (excludes halogenated alkanes) is 3. The number of benzene rings is 2. The van der Waals surface area contributed by atoms with Crippen molar-refractivity contribution in [2.75, 3.05) is 40.3 Å². The van der Waals surface area contributed by atoms with E-state index in [0.717, 1.165) is 42.5 Å². The zero-order valence-corrected chi connectivity index (χ0v) is 28.5. The van der Waals surface area contributed by atoms with Gasteiger partial charge in [-0.1, -0.05) is 80.8 Å². The number of carbonyl (C=O) groups excluding carboxylic acids is 2. The van der Waals surface area contributed by atoms with Gasteiger partial charge >= 0.3 is 0 Å². The first kappa shape index (κ1) is 39.5. The maximum Gasteiger partial charge on any atom is 0.239 e. The average Bonchev–Trinajstić information content (AvgIpc) is 3.11. The molecule has 2 aromatic rings. The Bertz CT molecular complexity index is 1240. The van der Waals surface area contributed by atoms with Gasteiger partial charge in [-0.3, -0.25) is 19.4 Å². The molecule has 4 rings (SSSR count). The van der Waals surface area contributed by atoms with Crippen molar-refractivity contribution in [3.05, 3.63) is 60.2 Å². The van der Waals surface area contributed by atoms with E-state index in [2.05, 4.69) is 54.0 Å². The summed E-state index contributed by atoms with van der Waals surface area (Å²) in [5, 5.41) is 65.1. The Balaban J connectivity index is 0.000000297. The first-order valence-electron chi connectivity index (χ1n) is 17.2. The van der Waals surface area contributed by atoms with E-state index in [1.807, 2.05) is 23.1 Å². The second kappa shape index (κ2) is 19.9. The second-order valence-electron chi connectivity index (χ2n) is 12.7. The van der Waals surface area contributed by atoms with Gasteiger partial charge in [0, 0.05) is 20.6 Å². The van der Waals surface area contributed by atoms with Crippen molar-refractivity contribution >= 4 is 11.8 Å². The SMILES string of the molecule is CCCCCCN1CC[C@H](O)[C@H](O)[C@H]1C(=O)NC.CNC(=O)[C@@H]1[C@@H](O)[C@@H](O)[C@H](O)[C@@H](CO)N1CCCc1ccc(-c2ccccc2)cc1. The van der Waals surface area contributed by atoms with Gasteiger partial charge in [-0.15, -0.1) is 0 Å². The molecule has 8 atom stereocenters. The molecule has 0 aromatic heterocycles. The van der Waals surface area contributed by atoms with E-state index in [1.165, 1.54) is 19.9 Å². The van der Waals surface area contributed by atoms with Gasteiger partial charge in [0.05, 0.1) is 18.8 Å². The van der Waals surface area contributed by atoms with Crippen molar-refractivity contribution in [2.24, 2.45) is 0 Å². The standard InChI is InChI=1S/C23H30N2O5.C13H26N2O3/c1-24-23(30)19-21(28)22(29)20(27)18(14-26)25(19)13-5-6-15-9-11-17(12-10-15)16-7-3-2-4-8-16;1-3-4-5-6-8-15-9-7-10(16)12(17)11(15)13(18)14-2/h2-4,7-12,18-22,26-29H,5-6,13-14H2,1H3,(H,24,30);10-12,16-17H,3-9H2,1-2H3,(H,14,18)/t18-,19+,20-,21-,22+;10-,11-,12-/m10/s1. The smallest absolute Gasteiger partial charge is 0.239 e. The molecule has 2 amide bonds. The fraction of sp³-hybridized carbons (Fsp3) is 0.611. The number of nitrogens with one attached hydrogen (secondary N) is 2. The molecule has 0 bridgehead atoms. The lowest BCUT2D eigenvalue weighted by molar-refractivity contribution is -0.178. The molecule has 48 heavy (non-hydrogen) atoms. The van der Waals surface area contributed by atoms with E-state index in [4.69, 9.17) is 0 Å². The Morgan fingerprint density at radius 1 is 0.729 bits per heavy atom. The Labute approximate surface area is 284 Å². The van der Waals surface area contributed by atoms with Gasteiger partial charge in [0.2, 0.25) is 11.8 Å². The molecule has 12 heteroatoms. The predicted octanol–water partition coefficient (Wildman–Crippen LogP) is 0.269. The highest BCUT2D eigenvalue weighted by Gasteiger charge is 2.49. The van der Waals surface area contributed by atoms with Crippen molar-refractivity contribution < 1.29 is 40.2 Å². The minimum Gasteiger partial charge on any atom is -0.395 e. The molecule has 268 valence electrons. The lowest BCUT2D eigenvalue weighted by Gasteiger charge is -2.47. The third kappa shape index (κ3) is 10.3. The number of hydrogen-bond donors (Lipinski definition) is 8. The van der Waals surface area contributed by atoms with Crippen molar-refractivity contribution in [3.63, 3.8) is 0 Å². The summed E-state index contributed by atoms with van der Waals surface area (Å²) in [5.74, 6) is -0.671. The van der Waals surface area contributed by atoms with Crippen LogP contribution < -0.4 is 10.6 Å². The predicted molar refractivity (Wildman–Crippen MR) is 184 cm³/mol. The highest BCUT2D eigenvalue weighted by molar-refractivity contribution is 5.83. The summed E-state index contributed by atoms with van der Waals surface area (Å²) in [6, 6.07) is 15.9. The first-order valence-corrected chi connectivity index (χ1v) is 17.2. The molecular formula is C36H56N4O8. The molecule has 0 unspecified atom stereocenters. The largest absolute Gasteiger partial charge is 0.395 e. The number of carbonyl (C=O) groups is 2. The number of rotatable bonds is 13. The highest BCUT2D eigenvalue weighted by Crippen LogP contribution is 2.26. The lowest BCUT2D eigenvalue weighted by Crippen LogP contribution is -2.70. The van der Waals surface area contributed by atoms with Crippen LogP contribution >= 0.6 is 0 Å². The van der Waals surface area contributed by atoms with E-state index in [0.29, 0.717) is 25.9 Å². The zero-order valence-electron chi connectivity index (χ0n) is 28.5. The molecule has 2 saturated heterocycles. The van der Waals surface area contributed by atoms with Crippen molar-refractivity contribution in [1.29, 1.82) is 0 Å². The number of aliphatic hydroxyl groups excluding tert-OH is 6. The van der Waals surface area contributed by atoms with Gasteiger partial charge in [-0.25, -0.2) is 0 Å². The van der Waals surface area contributed by atoms with Crippen LogP contribution in [0.2, 0.25) is 0 Å². The van der Waals surface area contributed by atoms with Crippen molar-refractivity contribution in [1.82, 2.24) is 20.4 Å². The van der Waals surface area contributed by atoms with Crippen LogP contribution in [0.5, 0.6) is 0 Å². The molecule has 2 aliphatic heterocycles. The maximum atomic E-state index is 12.3. The molecule has 2 heterocycles. The molecule has 2 fully saturated rings. The Morgan fingerprint density at radius 2 is 1.35 bits per heavy atom. The van der Waals surface area contributed by atoms with Crippen molar-refractivity contribution in [2.45, 2.75) is 101 Å². The quantitative estimate of drug-likeness (QED) is 0.137. The topological polar surface area (TPSA) is 186 Å². The number of aliphatic hydroxyl groups is 6. The van der Waals surface area contributed by atoms with Gasteiger partial charge in [0.15, 0.2) is 0 Å². The molecule has 0 radical (unpaired) electrons. The lowest BCUT2D eigenvalue weighted by atomic mass is 9.87. The third-order valence-electron chi connectivity index (χ3n) is 9.48. The summed E-state index contributed by atoms with van der Waals surface area (Å²) in [6.07, 6.45) is 0.436. The second-order valence-corrected chi connectivity index (χ2v) is 12.7. The van der Waals surface area contributed by atoms with Crippen LogP contribution in [0.4, 0.5) is 0 Å². The monoisotopic (exact) mass is 672 g/mol. The first-order chi connectivity index (χ1) is 23.1. The van der Waals surface area contributed by atoms with E-state index in [1.54, 1.807) is 11.9 Å². The summed E-state index contributed by atoms with van der Waals surface area (Å²) in [4.78, 5) is 27.7. The van der Waals surface area contributed by atoms with E-state index >= 15 is 0 Å². The number of piperidine rings is 2. The van der Waals surface area contributed by atoms with Crippen LogP contribution in [0.25, 0.3) is 11.1 Å². The summed E-state index contributed by atoms with van der Waals surface area (Å²) in [6.45, 7) is 3.59. The molecule has 2 aliphatic rings. The minimum atomic E-state index is -1.49. The van der Waals surface area contributed by atoms with Crippen LogP contribution in [0.3, 0.4) is 0 Å². The van der Waals surface area contributed by atoms with E-state index < -0.39 is 61.2 Å². The average molecular weight is 673 g/mol. The number of likely N-dealkylation sites (tertiary alicyclic amines) is 2. The van der Waals surface area contributed by atoms with Crippen LogP contribution in [0.1, 0.15) is 51.0 Å². The fourth-order valence-corrected chi connectivity index (χ4v) is 6.64. The number of aryl methyl sites for hydroxylation is 1. The molecule has 0 aliphatic carbocycles. The minimum absolute atomic E-state index is 0.211. The van der Waals surface area contributed by atoms with Crippen LogP contribution in [0, 0.1) is 0 Å². The Hall–Kier alpha value is -2.94. The third-order valence-corrected chi connectivity index (χ3v) is 9.48. The van der Waals surface area contributed by atoms with Crippen LogP contribution in [-0.2, 0) is 16.0 Å². The van der Waals surface area contributed by atoms with E-state index in [9.17, 15) is 40.2 Å². The van der Waals surface area contributed by atoms with Crippen LogP contribution in [-0.4, -0.2) is 141 Å². The number of hydrogen-bond acceptors (Lipinski definition) is 10. The Morgan fingerprint density at radius 3 is 1.96 bits per heavy atom. The van der Waals surface area contributed by atoms with Gasteiger partial charge in [0.25, 0.3) is 0 Å². The number of likely N-dealkylation sites (N-methyl/N-ethyl adjacent to an activating group) is 2. The summed E-state index contributed by atoms with van der Waals surface area (Å²) >= 11 is 0. The van der Waals surface area contributed by atoms with E-state index in [-0.39, 0.29) is 5.91 Å². The molecule has 2 aromatic carbocycles. The summed E-state index contributed by atoms with van der Waals surface area (Å²) in [5.41, 5.74) is 3.42. The zero-order chi connectivity index (χ0) is 35.2. The Kier molecular flexibility index (Phi) is 16.4. The van der Waals surface area contributed by atoms with Gasteiger partial charge in [-0.2, -0.15) is 0 Å². The normalized spacial score (nSPS) is 27.9. The number of nitrogens with zero attached hydrogens (tertiary/aromatic N) is 2. The summed E-state index contributed by atoms with van der Waals surface area (Å²) < 4.78 is 0. The maximum absolute atomic E-state index is 12.3. The summed E-state index contributed by atoms with van der Waals surface area (Å²) in [7, 11) is 3.01. The fourth-order valence-electron chi connectivity index (χ4n) is 6.64. The molecular weight excluding hydrogens is 616 g/mol. The molecule has 0 saturated carbocycles. The van der Waals surface area contributed by atoms with Gasteiger partial charge in [-0.05, 0) is 55.5 Å². The molecule has 8 N–H and O–H groups in total. The molecule has 0 spiro atoms. The van der Waals surface area contributed by atoms with Gasteiger partial charge < -0.3 is 41.3 Å².